The molecule has 0 aromatic heterocycles. The summed E-state index contributed by atoms with van der Waals surface area (Å²) in [7, 11) is 0. The maximum absolute atomic E-state index is 12.0. The highest BCUT2D eigenvalue weighted by Gasteiger charge is 2.30. The number of aliphatic hydroxyl groups excluding tert-OH is 1. The number of ether oxygens (including phenoxy) is 1. The average molecular weight is 294 g/mol. The minimum atomic E-state index is -2.83. The molecule has 1 fully saturated rings. The van der Waals surface area contributed by atoms with Crippen LogP contribution in [-0.2, 0) is 0 Å². The summed E-state index contributed by atoms with van der Waals surface area (Å²) in [6.45, 7) is -2.83. The summed E-state index contributed by atoms with van der Waals surface area (Å²) >= 11 is 0. The van der Waals surface area contributed by atoms with Crippen molar-refractivity contribution in [3.8, 4) is 5.75 Å². The molecule has 1 aromatic carbocycles. The van der Waals surface area contributed by atoms with Crippen molar-refractivity contribution in [2.24, 2.45) is 11.7 Å². The van der Waals surface area contributed by atoms with Crippen LogP contribution >= 0.6 is 12.4 Å². The zero-order chi connectivity index (χ0) is 13.1. The fourth-order valence-electron chi connectivity index (χ4n) is 2.14. The van der Waals surface area contributed by atoms with Crippen molar-refractivity contribution in [3.05, 3.63) is 29.8 Å². The number of halogens is 3. The molecule has 0 spiro atoms. The van der Waals surface area contributed by atoms with Gasteiger partial charge in [0.15, 0.2) is 0 Å². The van der Waals surface area contributed by atoms with Gasteiger partial charge in [0.25, 0.3) is 0 Å². The predicted octanol–water partition coefficient (Wildman–Crippen LogP) is 2.87. The molecule has 0 amide bonds. The fourth-order valence-corrected chi connectivity index (χ4v) is 2.14. The van der Waals surface area contributed by atoms with Gasteiger partial charge in [-0.2, -0.15) is 8.78 Å². The van der Waals surface area contributed by atoms with Gasteiger partial charge >= 0.3 is 6.61 Å². The third-order valence-electron chi connectivity index (χ3n) is 3.49. The van der Waals surface area contributed by atoms with E-state index in [1.54, 1.807) is 12.1 Å². The second kappa shape index (κ2) is 7.03. The summed E-state index contributed by atoms with van der Waals surface area (Å²) in [5, 5.41) is 10.0. The SMILES string of the molecule is Cl.N[C@H](c1ccc(OC(F)F)cc1)[C@@H](O)C1CCC1. The van der Waals surface area contributed by atoms with E-state index in [1.165, 1.54) is 12.1 Å². The van der Waals surface area contributed by atoms with Gasteiger partial charge in [0.05, 0.1) is 12.1 Å². The Balaban J connectivity index is 0.00000180. The molecule has 0 heterocycles. The number of hydrogen-bond donors (Lipinski definition) is 2. The largest absolute Gasteiger partial charge is 0.435 e. The Kier molecular flexibility index (Phi) is 5.97. The normalized spacial score (nSPS) is 18.4. The molecule has 2 atom stereocenters. The Morgan fingerprint density at radius 3 is 2.21 bits per heavy atom. The maximum Gasteiger partial charge on any atom is 0.387 e. The van der Waals surface area contributed by atoms with Gasteiger partial charge in [-0.05, 0) is 36.5 Å². The van der Waals surface area contributed by atoms with Crippen LogP contribution in [0, 0.1) is 5.92 Å². The molecule has 0 unspecified atom stereocenters. The number of benzene rings is 1. The van der Waals surface area contributed by atoms with Gasteiger partial charge in [0.2, 0.25) is 0 Å². The van der Waals surface area contributed by atoms with Gasteiger partial charge in [-0.25, -0.2) is 0 Å². The van der Waals surface area contributed by atoms with E-state index in [4.69, 9.17) is 5.73 Å². The van der Waals surface area contributed by atoms with Crippen LogP contribution in [0.15, 0.2) is 24.3 Å². The van der Waals surface area contributed by atoms with E-state index in [9.17, 15) is 13.9 Å². The van der Waals surface area contributed by atoms with Crippen LogP contribution in [-0.4, -0.2) is 17.8 Å². The van der Waals surface area contributed by atoms with Crippen molar-refractivity contribution >= 4 is 12.4 Å². The molecule has 1 aromatic rings. The van der Waals surface area contributed by atoms with Crippen LogP contribution < -0.4 is 10.5 Å². The molecule has 3 N–H and O–H groups in total. The summed E-state index contributed by atoms with van der Waals surface area (Å²) < 4.78 is 28.2. The first-order valence-corrected chi connectivity index (χ1v) is 6.06. The second-order valence-electron chi connectivity index (χ2n) is 4.65. The minimum absolute atomic E-state index is 0. The Morgan fingerprint density at radius 1 is 1.21 bits per heavy atom. The molecule has 0 radical (unpaired) electrons. The summed E-state index contributed by atoms with van der Waals surface area (Å²) in [5.74, 6) is 0.357. The average Bonchev–Trinajstić information content (AvgIpc) is 2.26. The lowest BCUT2D eigenvalue weighted by Gasteiger charge is -2.33. The van der Waals surface area contributed by atoms with Crippen LogP contribution in [0.5, 0.6) is 5.75 Å². The third-order valence-corrected chi connectivity index (χ3v) is 3.49. The van der Waals surface area contributed by atoms with Crippen molar-refractivity contribution in [2.75, 3.05) is 0 Å². The van der Waals surface area contributed by atoms with E-state index in [0.29, 0.717) is 0 Å². The molecule has 0 bridgehead atoms. The Bertz CT molecular complexity index is 385. The smallest absolute Gasteiger partial charge is 0.387 e. The molecule has 1 aliphatic rings. The van der Waals surface area contributed by atoms with Crippen LogP contribution in [0.3, 0.4) is 0 Å². The molecule has 0 aliphatic heterocycles. The predicted molar refractivity (Wildman–Crippen MR) is 70.6 cm³/mol. The standard InChI is InChI=1S/C13H17F2NO2.ClH/c14-13(15)18-10-6-4-8(5-7-10)11(16)12(17)9-2-1-3-9;/h4-7,9,11-13,17H,1-3,16H2;1H/t11-,12+;/m1./s1. The number of nitrogens with two attached hydrogens (primary N) is 1. The summed E-state index contributed by atoms with van der Waals surface area (Å²) in [6, 6.07) is 5.63. The fraction of sp³-hybridized carbons (Fsp3) is 0.538. The second-order valence-corrected chi connectivity index (χ2v) is 4.65. The van der Waals surface area contributed by atoms with Gasteiger partial charge in [-0.15, -0.1) is 12.4 Å². The van der Waals surface area contributed by atoms with Crippen LogP contribution in [0.2, 0.25) is 0 Å². The lowest BCUT2D eigenvalue weighted by Crippen LogP contribution is -2.36. The summed E-state index contributed by atoms with van der Waals surface area (Å²) in [4.78, 5) is 0. The molecule has 0 saturated heterocycles. The van der Waals surface area contributed by atoms with E-state index >= 15 is 0 Å². The first-order chi connectivity index (χ1) is 8.58. The van der Waals surface area contributed by atoms with Crippen LogP contribution in [0.25, 0.3) is 0 Å². The number of rotatable bonds is 5. The molecule has 6 heteroatoms. The van der Waals surface area contributed by atoms with Crippen LogP contribution in [0.4, 0.5) is 8.78 Å². The van der Waals surface area contributed by atoms with Gasteiger partial charge in [-0.3, -0.25) is 0 Å². The van der Waals surface area contributed by atoms with Gasteiger partial charge in [0.1, 0.15) is 5.75 Å². The highest BCUT2D eigenvalue weighted by molar-refractivity contribution is 5.85. The summed E-state index contributed by atoms with van der Waals surface area (Å²) in [5.41, 5.74) is 6.69. The van der Waals surface area contributed by atoms with Crippen molar-refractivity contribution in [1.29, 1.82) is 0 Å². The molecule has 2 rings (SSSR count). The summed E-state index contributed by atoms with van der Waals surface area (Å²) in [6.07, 6.45) is 2.57. The molecule has 3 nitrogen and oxygen atoms in total. The van der Waals surface area contributed by atoms with Crippen molar-refractivity contribution in [3.63, 3.8) is 0 Å². The quantitative estimate of drug-likeness (QED) is 0.878. The van der Waals surface area contributed by atoms with E-state index in [-0.39, 0.29) is 24.1 Å². The van der Waals surface area contributed by atoms with Crippen molar-refractivity contribution < 1.29 is 18.6 Å². The topological polar surface area (TPSA) is 55.5 Å². The van der Waals surface area contributed by atoms with Crippen molar-refractivity contribution in [1.82, 2.24) is 0 Å². The third kappa shape index (κ3) is 4.03. The van der Waals surface area contributed by atoms with Crippen molar-refractivity contribution in [2.45, 2.75) is 38.0 Å². The molecule has 1 saturated carbocycles. The van der Waals surface area contributed by atoms with E-state index < -0.39 is 18.8 Å². The highest BCUT2D eigenvalue weighted by Crippen LogP contribution is 2.34. The van der Waals surface area contributed by atoms with E-state index in [2.05, 4.69) is 4.74 Å². The zero-order valence-corrected chi connectivity index (χ0v) is 11.2. The Labute approximate surface area is 117 Å². The Hall–Kier alpha value is -0.910. The molecule has 1 aliphatic carbocycles. The molecular weight excluding hydrogens is 276 g/mol. The first kappa shape index (κ1) is 16.1. The van der Waals surface area contributed by atoms with Gasteiger partial charge < -0.3 is 15.6 Å². The number of alkyl halides is 2. The number of hydrogen-bond acceptors (Lipinski definition) is 3. The zero-order valence-electron chi connectivity index (χ0n) is 10.3. The van der Waals surface area contributed by atoms with Crippen LogP contribution in [0.1, 0.15) is 30.9 Å². The molecular formula is C13H18ClF2NO2. The van der Waals surface area contributed by atoms with E-state index in [1.807, 2.05) is 0 Å². The number of aliphatic hydroxyl groups is 1. The maximum atomic E-state index is 12.0. The molecule has 19 heavy (non-hydrogen) atoms. The molecule has 108 valence electrons. The Morgan fingerprint density at radius 2 is 1.79 bits per heavy atom. The van der Waals surface area contributed by atoms with Gasteiger partial charge in [0, 0.05) is 0 Å². The minimum Gasteiger partial charge on any atom is -0.435 e. The lowest BCUT2D eigenvalue weighted by molar-refractivity contribution is -0.0498. The van der Waals surface area contributed by atoms with Gasteiger partial charge in [-0.1, -0.05) is 18.6 Å². The monoisotopic (exact) mass is 293 g/mol. The highest BCUT2D eigenvalue weighted by atomic mass is 35.5. The first-order valence-electron chi connectivity index (χ1n) is 6.06. The lowest BCUT2D eigenvalue weighted by atomic mass is 9.77. The van der Waals surface area contributed by atoms with E-state index in [0.717, 1.165) is 24.8 Å².